The molecule has 1 heterocycles. The van der Waals surface area contributed by atoms with Gasteiger partial charge in [0.2, 0.25) is 0 Å². The summed E-state index contributed by atoms with van der Waals surface area (Å²) in [6.45, 7) is 5.73. The maximum atomic E-state index is 12.6. The van der Waals surface area contributed by atoms with Crippen molar-refractivity contribution in [2.45, 2.75) is 31.1 Å². The van der Waals surface area contributed by atoms with Gasteiger partial charge in [-0.2, -0.15) is 8.42 Å². The van der Waals surface area contributed by atoms with Gasteiger partial charge in [-0.25, -0.2) is 0 Å². The molecule has 7 heteroatoms. The number of hydrogen-bond donors (Lipinski definition) is 0. The molecular weight excluding hydrogens is 278 g/mol. The van der Waals surface area contributed by atoms with Gasteiger partial charge in [0.15, 0.2) is 0 Å². The Balaban J connectivity index is 2.53. The van der Waals surface area contributed by atoms with Crippen LogP contribution in [0.25, 0.3) is 0 Å². The van der Waals surface area contributed by atoms with Crippen LogP contribution < -0.4 is 4.74 Å². The second-order valence-corrected chi connectivity index (χ2v) is 7.16. The first-order valence-corrected chi connectivity index (χ1v) is 7.51. The first-order chi connectivity index (χ1) is 9.26. The summed E-state index contributed by atoms with van der Waals surface area (Å²) in [6.07, 6.45) is 1.47. The van der Waals surface area contributed by atoms with Crippen LogP contribution in [0.3, 0.4) is 0 Å². The summed E-state index contributed by atoms with van der Waals surface area (Å²) >= 11 is 0. The number of methoxy groups -OCH3 is 1. The predicted molar refractivity (Wildman–Crippen MR) is 74.3 cm³/mol. The molecule has 0 amide bonds. The van der Waals surface area contributed by atoms with E-state index in [0.29, 0.717) is 11.4 Å². The Hall–Kier alpha value is -1.89. The minimum absolute atomic E-state index is 0.148. The Bertz CT molecular complexity index is 697. The molecule has 20 heavy (non-hydrogen) atoms. The molecule has 2 rings (SSSR count). The van der Waals surface area contributed by atoms with Gasteiger partial charge in [-0.05, 0) is 24.3 Å². The Morgan fingerprint density at radius 1 is 1.15 bits per heavy atom. The zero-order valence-corrected chi connectivity index (χ0v) is 12.7. The predicted octanol–water partition coefficient (Wildman–Crippen LogP) is 1.82. The molecule has 0 aliphatic heterocycles. The van der Waals surface area contributed by atoms with Gasteiger partial charge < -0.3 is 4.74 Å². The SMILES string of the molecule is COc1ccc(S(=O)(=O)n2nncc2C(C)(C)C)cc1. The van der Waals surface area contributed by atoms with Crippen LogP contribution in [-0.2, 0) is 15.4 Å². The van der Waals surface area contributed by atoms with Crippen LogP contribution in [0.1, 0.15) is 26.5 Å². The highest BCUT2D eigenvalue weighted by molar-refractivity contribution is 7.89. The third-order valence-electron chi connectivity index (χ3n) is 2.87. The molecule has 0 atom stereocenters. The summed E-state index contributed by atoms with van der Waals surface area (Å²) in [5.74, 6) is 0.596. The molecule has 0 saturated carbocycles. The van der Waals surface area contributed by atoms with E-state index in [0.717, 1.165) is 4.09 Å². The van der Waals surface area contributed by atoms with Gasteiger partial charge in [-0.15, -0.1) is 9.19 Å². The summed E-state index contributed by atoms with van der Waals surface area (Å²) < 4.78 is 31.2. The number of nitrogens with zero attached hydrogens (tertiary/aromatic N) is 3. The zero-order valence-electron chi connectivity index (χ0n) is 11.9. The molecule has 0 N–H and O–H groups in total. The molecule has 0 bridgehead atoms. The van der Waals surface area contributed by atoms with Gasteiger partial charge in [0.25, 0.3) is 10.0 Å². The van der Waals surface area contributed by atoms with Crippen molar-refractivity contribution in [3.63, 3.8) is 0 Å². The fraction of sp³-hybridized carbons (Fsp3) is 0.385. The van der Waals surface area contributed by atoms with E-state index in [4.69, 9.17) is 4.74 Å². The molecular formula is C13H17N3O3S. The minimum Gasteiger partial charge on any atom is -0.497 e. The summed E-state index contributed by atoms with van der Waals surface area (Å²) in [4.78, 5) is 0.148. The summed E-state index contributed by atoms with van der Waals surface area (Å²) in [6, 6.07) is 6.17. The Labute approximate surface area is 118 Å². The third-order valence-corrected chi connectivity index (χ3v) is 4.47. The average Bonchev–Trinajstić information content (AvgIpc) is 2.88. The first-order valence-electron chi connectivity index (χ1n) is 6.07. The van der Waals surface area contributed by atoms with Crippen molar-refractivity contribution in [1.82, 2.24) is 14.4 Å². The highest BCUT2D eigenvalue weighted by Crippen LogP contribution is 2.25. The monoisotopic (exact) mass is 295 g/mol. The van der Waals surface area contributed by atoms with Gasteiger partial charge in [-0.3, -0.25) is 0 Å². The standard InChI is InChI=1S/C13H17N3O3S/c1-13(2,3)12-9-14-15-16(12)20(17,18)11-7-5-10(19-4)6-8-11/h5-9H,1-4H3. The number of rotatable bonds is 3. The van der Waals surface area contributed by atoms with Crippen LogP contribution in [-0.4, -0.2) is 29.9 Å². The lowest BCUT2D eigenvalue weighted by Crippen LogP contribution is -2.24. The molecule has 108 valence electrons. The van der Waals surface area contributed by atoms with E-state index in [9.17, 15) is 8.42 Å². The van der Waals surface area contributed by atoms with E-state index in [1.165, 1.54) is 25.4 Å². The fourth-order valence-electron chi connectivity index (χ4n) is 1.73. The smallest absolute Gasteiger partial charge is 0.284 e. The fourth-order valence-corrected chi connectivity index (χ4v) is 3.13. The lowest BCUT2D eigenvalue weighted by atomic mass is 9.93. The molecule has 0 aliphatic rings. The molecule has 0 radical (unpaired) electrons. The van der Waals surface area contributed by atoms with E-state index < -0.39 is 10.0 Å². The molecule has 0 saturated heterocycles. The van der Waals surface area contributed by atoms with E-state index in [-0.39, 0.29) is 10.3 Å². The van der Waals surface area contributed by atoms with Crippen LogP contribution in [0.15, 0.2) is 35.4 Å². The Morgan fingerprint density at radius 2 is 1.75 bits per heavy atom. The van der Waals surface area contributed by atoms with Crippen molar-refractivity contribution in [3.8, 4) is 5.75 Å². The van der Waals surface area contributed by atoms with Crippen LogP contribution in [0, 0.1) is 0 Å². The highest BCUT2D eigenvalue weighted by atomic mass is 32.2. The highest BCUT2D eigenvalue weighted by Gasteiger charge is 2.28. The number of ether oxygens (including phenoxy) is 1. The van der Waals surface area contributed by atoms with Crippen molar-refractivity contribution in [2.24, 2.45) is 0 Å². The van der Waals surface area contributed by atoms with E-state index in [1.54, 1.807) is 12.1 Å². The normalized spacial score (nSPS) is 12.4. The first kappa shape index (κ1) is 14.5. The molecule has 6 nitrogen and oxygen atoms in total. The van der Waals surface area contributed by atoms with Crippen molar-refractivity contribution in [3.05, 3.63) is 36.2 Å². The second-order valence-electron chi connectivity index (χ2n) is 5.39. The quantitative estimate of drug-likeness (QED) is 0.863. The second kappa shape index (κ2) is 4.90. The van der Waals surface area contributed by atoms with Gasteiger partial charge in [0.05, 0.1) is 23.9 Å². The van der Waals surface area contributed by atoms with E-state index in [2.05, 4.69) is 10.3 Å². The lowest BCUT2D eigenvalue weighted by Gasteiger charge is -2.18. The summed E-state index contributed by atoms with van der Waals surface area (Å²) in [7, 11) is -2.22. The van der Waals surface area contributed by atoms with Crippen LogP contribution >= 0.6 is 0 Å². The molecule has 0 spiro atoms. The molecule has 0 unspecified atom stereocenters. The summed E-state index contributed by atoms with van der Waals surface area (Å²) in [5.41, 5.74) is 0.163. The number of aromatic nitrogens is 3. The van der Waals surface area contributed by atoms with Crippen molar-refractivity contribution >= 4 is 10.0 Å². The summed E-state index contributed by atoms with van der Waals surface area (Å²) in [5, 5.41) is 7.44. The van der Waals surface area contributed by atoms with E-state index >= 15 is 0 Å². The molecule has 1 aromatic heterocycles. The molecule has 0 fully saturated rings. The maximum absolute atomic E-state index is 12.6. The van der Waals surface area contributed by atoms with Gasteiger partial charge in [0, 0.05) is 5.41 Å². The zero-order chi connectivity index (χ0) is 15.0. The van der Waals surface area contributed by atoms with Gasteiger partial charge in [-0.1, -0.05) is 26.0 Å². The average molecular weight is 295 g/mol. The van der Waals surface area contributed by atoms with Crippen molar-refractivity contribution in [2.75, 3.05) is 7.11 Å². The Morgan fingerprint density at radius 3 is 2.25 bits per heavy atom. The minimum atomic E-state index is -3.75. The van der Waals surface area contributed by atoms with Gasteiger partial charge >= 0.3 is 0 Å². The molecule has 1 aromatic carbocycles. The third kappa shape index (κ3) is 2.53. The number of hydrogen-bond acceptors (Lipinski definition) is 5. The van der Waals surface area contributed by atoms with Crippen molar-refractivity contribution in [1.29, 1.82) is 0 Å². The Kier molecular flexibility index (Phi) is 3.56. The van der Waals surface area contributed by atoms with Crippen LogP contribution in [0.5, 0.6) is 5.75 Å². The lowest BCUT2D eigenvalue weighted by molar-refractivity contribution is 0.414. The maximum Gasteiger partial charge on any atom is 0.284 e. The van der Waals surface area contributed by atoms with Crippen LogP contribution in [0.4, 0.5) is 0 Å². The van der Waals surface area contributed by atoms with Crippen molar-refractivity contribution < 1.29 is 13.2 Å². The number of benzene rings is 1. The topological polar surface area (TPSA) is 74.1 Å². The van der Waals surface area contributed by atoms with E-state index in [1.807, 2.05) is 20.8 Å². The molecule has 2 aromatic rings. The largest absolute Gasteiger partial charge is 0.497 e. The van der Waals surface area contributed by atoms with Crippen LogP contribution in [0.2, 0.25) is 0 Å². The van der Waals surface area contributed by atoms with Gasteiger partial charge in [0.1, 0.15) is 5.75 Å². The molecule has 0 aliphatic carbocycles.